The molecule has 0 amide bonds. The second kappa shape index (κ2) is 4.43. The zero-order chi connectivity index (χ0) is 12.7. The average molecular weight is 257 g/mol. The standard InChI is InChI=1S/C15H15NOS/c1-9-6-7-11(8-10(9)2)12-4-3-5-13-14(12)18-16-15(13)17/h3-8,15-17H,1-2H3. The predicted molar refractivity (Wildman–Crippen MR) is 75.3 cm³/mol. The lowest BCUT2D eigenvalue weighted by Gasteiger charge is -2.09. The molecule has 0 aliphatic carbocycles. The van der Waals surface area contributed by atoms with Gasteiger partial charge in [0, 0.05) is 10.5 Å². The van der Waals surface area contributed by atoms with Crippen LogP contribution < -0.4 is 4.72 Å². The van der Waals surface area contributed by atoms with Gasteiger partial charge in [-0.2, -0.15) is 0 Å². The van der Waals surface area contributed by atoms with Gasteiger partial charge in [0.05, 0.1) is 0 Å². The summed E-state index contributed by atoms with van der Waals surface area (Å²) in [6.07, 6.45) is -0.559. The maximum absolute atomic E-state index is 9.82. The highest BCUT2D eigenvalue weighted by Gasteiger charge is 2.23. The van der Waals surface area contributed by atoms with E-state index < -0.39 is 6.23 Å². The molecule has 1 atom stereocenters. The predicted octanol–water partition coefficient (Wildman–Crippen LogP) is 3.57. The van der Waals surface area contributed by atoms with Gasteiger partial charge in [-0.1, -0.05) is 36.4 Å². The Labute approximate surface area is 111 Å². The molecule has 3 rings (SSSR count). The van der Waals surface area contributed by atoms with E-state index in [0.717, 1.165) is 10.5 Å². The largest absolute Gasteiger partial charge is 0.373 e. The molecule has 3 heteroatoms. The molecule has 92 valence electrons. The number of aliphatic hydroxyl groups excluding tert-OH is 1. The summed E-state index contributed by atoms with van der Waals surface area (Å²) in [7, 11) is 0. The normalized spacial score (nSPS) is 17.8. The van der Waals surface area contributed by atoms with Gasteiger partial charge < -0.3 is 5.11 Å². The van der Waals surface area contributed by atoms with Crippen LogP contribution in [0.3, 0.4) is 0 Å². The molecule has 0 spiro atoms. The lowest BCUT2D eigenvalue weighted by molar-refractivity contribution is 0.173. The van der Waals surface area contributed by atoms with E-state index in [1.165, 1.54) is 34.2 Å². The lowest BCUT2D eigenvalue weighted by Crippen LogP contribution is -2.04. The van der Waals surface area contributed by atoms with E-state index in [1.807, 2.05) is 12.1 Å². The zero-order valence-electron chi connectivity index (χ0n) is 10.4. The minimum absolute atomic E-state index is 0.559. The molecule has 1 unspecified atom stereocenters. The Morgan fingerprint density at radius 2 is 1.94 bits per heavy atom. The van der Waals surface area contributed by atoms with Crippen LogP contribution in [0.4, 0.5) is 0 Å². The number of aliphatic hydroxyl groups is 1. The fourth-order valence-corrected chi connectivity index (χ4v) is 3.15. The molecule has 0 aromatic heterocycles. The van der Waals surface area contributed by atoms with Gasteiger partial charge in [0.1, 0.15) is 6.23 Å². The first kappa shape index (κ1) is 11.8. The van der Waals surface area contributed by atoms with Crippen molar-refractivity contribution in [1.82, 2.24) is 4.72 Å². The van der Waals surface area contributed by atoms with Gasteiger partial charge in [0.2, 0.25) is 0 Å². The third kappa shape index (κ3) is 1.85. The third-order valence-corrected chi connectivity index (χ3v) is 4.43. The van der Waals surface area contributed by atoms with Crippen molar-refractivity contribution in [3.8, 4) is 11.1 Å². The second-order valence-corrected chi connectivity index (χ2v) is 5.49. The van der Waals surface area contributed by atoms with Crippen LogP contribution >= 0.6 is 11.9 Å². The van der Waals surface area contributed by atoms with Crippen LogP contribution in [-0.4, -0.2) is 5.11 Å². The summed E-state index contributed by atoms with van der Waals surface area (Å²) < 4.78 is 2.99. The van der Waals surface area contributed by atoms with Crippen molar-refractivity contribution in [2.24, 2.45) is 0 Å². The van der Waals surface area contributed by atoms with Crippen molar-refractivity contribution in [2.45, 2.75) is 25.0 Å². The van der Waals surface area contributed by atoms with Gasteiger partial charge in [-0.15, -0.1) is 0 Å². The van der Waals surface area contributed by atoms with E-state index in [-0.39, 0.29) is 0 Å². The van der Waals surface area contributed by atoms with Crippen molar-refractivity contribution < 1.29 is 5.11 Å². The van der Waals surface area contributed by atoms with Gasteiger partial charge in [0.25, 0.3) is 0 Å². The van der Waals surface area contributed by atoms with Crippen molar-refractivity contribution in [3.63, 3.8) is 0 Å². The molecule has 0 radical (unpaired) electrons. The second-order valence-electron chi connectivity index (χ2n) is 4.65. The van der Waals surface area contributed by atoms with E-state index in [4.69, 9.17) is 0 Å². The van der Waals surface area contributed by atoms with Gasteiger partial charge in [-0.3, -0.25) is 0 Å². The highest BCUT2D eigenvalue weighted by atomic mass is 32.2. The summed E-state index contributed by atoms with van der Waals surface area (Å²) in [5.41, 5.74) is 5.96. The number of hydrogen-bond acceptors (Lipinski definition) is 3. The maximum atomic E-state index is 9.82. The monoisotopic (exact) mass is 257 g/mol. The first-order chi connectivity index (χ1) is 8.66. The van der Waals surface area contributed by atoms with Gasteiger partial charge in [0.15, 0.2) is 0 Å². The first-order valence-electron chi connectivity index (χ1n) is 5.98. The van der Waals surface area contributed by atoms with Crippen LogP contribution in [0.5, 0.6) is 0 Å². The molecule has 0 bridgehead atoms. The van der Waals surface area contributed by atoms with Crippen molar-refractivity contribution in [1.29, 1.82) is 0 Å². The van der Waals surface area contributed by atoms with Gasteiger partial charge in [-0.25, -0.2) is 4.72 Å². The van der Waals surface area contributed by atoms with Crippen LogP contribution in [0.1, 0.15) is 22.9 Å². The van der Waals surface area contributed by atoms with Gasteiger partial charge in [-0.05, 0) is 48.0 Å². The first-order valence-corrected chi connectivity index (χ1v) is 6.79. The molecule has 1 aliphatic heterocycles. The third-order valence-electron chi connectivity index (χ3n) is 3.43. The zero-order valence-corrected chi connectivity index (χ0v) is 11.2. The summed E-state index contributed by atoms with van der Waals surface area (Å²) in [6, 6.07) is 12.6. The summed E-state index contributed by atoms with van der Waals surface area (Å²) in [5, 5.41) is 9.82. The topological polar surface area (TPSA) is 32.3 Å². The Hall–Kier alpha value is -1.29. The molecule has 2 nitrogen and oxygen atoms in total. The summed E-state index contributed by atoms with van der Waals surface area (Å²) in [5.74, 6) is 0. The smallest absolute Gasteiger partial charge is 0.141 e. The number of benzene rings is 2. The molecule has 2 aromatic rings. The van der Waals surface area contributed by atoms with Gasteiger partial charge >= 0.3 is 0 Å². The molecule has 0 saturated heterocycles. The number of aryl methyl sites for hydroxylation is 2. The number of hydrogen-bond donors (Lipinski definition) is 2. The summed E-state index contributed by atoms with van der Waals surface area (Å²) >= 11 is 1.51. The molecule has 18 heavy (non-hydrogen) atoms. The summed E-state index contributed by atoms with van der Waals surface area (Å²) in [6.45, 7) is 4.25. The van der Waals surface area contributed by atoms with Crippen LogP contribution in [0.2, 0.25) is 0 Å². The lowest BCUT2D eigenvalue weighted by atomic mass is 9.98. The fourth-order valence-electron chi connectivity index (χ4n) is 2.20. The average Bonchev–Trinajstić information content (AvgIpc) is 2.75. The Morgan fingerprint density at radius 1 is 1.11 bits per heavy atom. The highest BCUT2D eigenvalue weighted by molar-refractivity contribution is 7.97. The van der Waals surface area contributed by atoms with Crippen molar-refractivity contribution in [3.05, 3.63) is 53.1 Å². The van der Waals surface area contributed by atoms with Crippen LogP contribution in [-0.2, 0) is 0 Å². The van der Waals surface area contributed by atoms with Crippen LogP contribution in [0.15, 0.2) is 41.3 Å². The molecule has 0 saturated carbocycles. The minimum Gasteiger partial charge on any atom is -0.373 e. The van der Waals surface area contributed by atoms with Crippen LogP contribution in [0.25, 0.3) is 11.1 Å². The van der Waals surface area contributed by atoms with E-state index in [1.54, 1.807) is 0 Å². The molecule has 0 fully saturated rings. The molecule has 1 aliphatic rings. The molecule has 2 N–H and O–H groups in total. The molecular weight excluding hydrogens is 242 g/mol. The number of nitrogens with one attached hydrogen (secondary N) is 1. The van der Waals surface area contributed by atoms with E-state index in [9.17, 15) is 5.11 Å². The number of fused-ring (bicyclic) bond motifs is 1. The minimum atomic E-state index is -0.559. The Morgan fingerprint density at radius 3 is 2.72 bits per heavy atom. The fraction of sp³-hybridized carbons (Fsp3) is 0.200. The molecule has 1 heterocycles. The van der Waals surface area contributed by atoms with Crippen LogP contribution in [0, 0.1) is 13.8 Å². The Balaban J connectivity index is 2.15. The Kier molecular flexibility index (Phi) is 2.90. The van der Waals surface area contributed by atoms with Crippen molar-refractivity contribution >= 4 is 11.9 Å². The highest BCUT2D eigenvalue weighted by Crippen LogP contribution is 2.40. The molecular formula is C15H15NOS. The number of rotatable bonds is 1. The van der Waals surface area contributed by atoms with E-state index >= 15 is 0 Å². The quantitative estimate of drug-likeness (QED) is 0.766. The van der Waals surface area contributed by atoms with Crippen molar-refractivity contribution in [2.75, 3.05) is 0 Å². The Bertz CT molecular complexity index is 609. The maximum Gasteiger partial charge on any atom is 0.141 e. The van der Waals surface area contributed by atoms with E-state index in [0.29, 0.717) is 0 Å². The summed E-state index contributed by atoms with van der Waals surface area (Å²) in [4.78, 5) is 1.13. The molecule has 2 aromatic carbocycles. The SMILES string of the molecule is Cc1ccc(-c2cccc3c2SNC3O)cc1C. The van der Waals surface area contributed by atoms with E-state index in [2.05, 4.69) is 42.8 Å².